The molecule has 51 heavy (non-hydrogen) atoms. The molecule has 0 aliphatic heterocycles. The van der Waals surface area contributed by atoms with Crippen molar-refractivity contribution in [3.8, 4) is 0 Å². The van der Waals surface area contributed by atoms with Crippen molar-refractivity contribution in [2.24, 2.45) is 16.7 Å². The van der Waals surface area contributed by atoms with Gasteiger partial charge < -0.3 is 34.8 Å². The molecule has 2 aromatic carbocycles. The summed E-state index contributed by atoms with van der Waals surface area (Å²) in [6.45, 7) is 8.80. The number of esters is 3. The Labute approximate surface area is 297 Å². The van der Waals surface area contributed by atoms with Gasteiger partial charge in [0.05, 0.1) is 35.7 Å². The van der Waals surface area contributed by atoms with Crippen LogP contribution in [0.5, 0.6) is 0 Å². The van der Waals surface area contributed by atoms with Crippen LogP contribution in [0.3, 0.4) is 0 Å². The number of hydrogen-bond donors (Lipinski definition) is 4. The number of ketones is 1. The summed E-state index contributed by atoms with van der Waals surface area (Å²) in [5, 5.41) is 38.1. The van der Waals surface area contributed by atoms with E-state index in [1.807, 2.05) is 6.07 Å². The Balaban J connectivity index is 1.55. The van der Waals surface area contributed by atoms with E-state index in [2.05, 4.69) is 5.32 Å². The van der Waals surface area contributed by atoms with E-state index in [9.17, 15) is 39.3 Å². The van der Waals surface area contributed by atoms with Crippen LogP contribution in [0.2, 0.25) is 0 Å². The molecule has 2 fully saturated rings. The highest BCUT2D eigenvalue weighted by molar-refractivity contribution is 5.95. The van der Waals surface area contributed by atoms with Gasteiger partial charge in [-0.1, -0.05) is 62.4 Å². The van der Waals surface area contributed by atoms with Gasteiger partial charge in [-0.3, -0.25) is 24.0 Å². The second-order valence-electron chi connectivity index (χ2n) is 14.8. The summed E-state index contributed by atoms with van der Waals surface area (Å²) in [5.74, 6) is -4.44. The number of aliphatic hydroxyl groups is 3. The van der Waals surface area contributed by atoms with Crippen molar-refractivity contribution in [3.05, 3.63) is 82.9 Å². The lowest BCUT2D eigenvalue weighted by Crippen LogP contribution is -2.68. The fourth-order valence-electron chi connectivity index (χ4n) is 8.32. The maximum absolute atomic E-state index is 14.7. The molecule has 0 heterocycles. The maximum Gasteiger partial charge on any atom is 0.308 e. The molecule has 2 aromatic rings. The average molecular weight is 706 g/mol. The van der Waals surface area contributed by atoms with Gasteiger partial charge >= 0.3 is 17.9 Å². The minimum Gasteiger partial charge on any atom is -0.459 e. The molecule has 4 N–H and O–H groups in total. The first-order chi connectivity index (χ1) is 23.9. The number of carbonyl (C=O) groups excluding carboxylic acids is 5. The Hall–Kier alpha value is -4.39. The van der Waals surface area contributed by atoms with Gasteiger partial charge in [-0.2, -0.15) is 0 Å². The van der Waals surface area contributed by atoms with Crippen LogP contribution in [-0.2, 0) is 33.4 Å². The van der Waals surface area contributed by atoms with Crippen LogP contribution in [0.4, 0.5) is 0 Å². The number of aliphatic hydroxyl groups excluding tert-OH is 2. The molecule has 1 amide bonds. The van der Waals surface area contributed by atoms with Gasteiger partial charge in [-0.15, -0.1) is 0 Å². The lowest BCUT2D eigenvalue weighted by molar-refractivity contribution is -0.217. The van der Waals surface area contributed by atoms with Crippen LogP contribution >= 0.6 is 0 Å². The monoisotopic (exact) mass is 705 g/mol. The summed E-state index contributed by atoms with van der Waals surface area (Å²) >= 11 is 0. The topological polar surface area (TPSA) is 186 Å². The average Bonchev–Trinajstić information content (AvgIpc) is 3.06. The molecule has 9 atom stereocenters. The van der Waals surface area contributed by atoms with E-state index in [-0.39, 0.29) is 31.3 Å². The molecular weight excluding hydrogens is 658 g/mol. The number of amides is 1. The molecule has 0 aromatic heterocycles. The molecule has 2 saturated carbocycles. The van der Waals surface area contributed by atoms with Crippen LogP contribution in [-0.4, -0.2) is 81.0 Å². The SMILES string of the molecule is CC(=O)OC1C(O)C[C@H](O)[C@@]2(C)C(=O)[C@H](OC(C)=O)C3=C(C)[C@@H](OC(=O)CC(NC(=O)c4ccccc4)c4ccccc4)C[C@@](O)(CC12)C3(C)C. The molecule has 3 aliphatic carbocycles. The Morgan fingerprint density at radius 3 is 2.06 bits per heavy atom. The van der Waals surface area contributed by atoms with Gasteiger partial charge in [-0.25, -0.2) is 0 Å². The van der Waals surface area contributed by atoms with Crippen molar-refractivity contribution in [1.82, 2.24) is 5.32 Å². The number of hydrogen-bond acceptors (Lipinski definition) is 11. The van der Waals surface area contributed by atoms with Crippen molar-refractivity contribution in [1.29, 1.82) is 0 Å². The number of benzene rings is 2. The van der Waals surface area contributed by atoms with Crippen molar-refractivity contribution in [2.75, 3.05) is 0 Å². The summed E-state index contributed by atoms with van der Waals surface area (Å²) in [7, 11) is 0. The van der Waals surface area contributed by atoms with Crippen molar-refractivity contribution >= 4 is 29.6 Å². The van der Waals surface area contributed by atoms with Gasteiger partial charge in [0.15, 0.2) is 11.9 Å². The summed E-state index contributed by atoms with van der Waals surface area (Å²) in [4.78, 5) is 66.5. The molecule has 5 rings (SSSR count). The predicted molar refractivity (Wildman–Crippen MR) is 183 cm³/mol. The first-order valence-corrected chi connectivity index (χ1v) is 17.2. The molecule has 274 valence electrons. The molecule has 12 heteroatoms. The molecular formula is C39H47NO11. The fraction of sp³-hybridized carbons (Fsp3) is 0.513. The fourth-order valence-corrected chi connectivity index (χ4v) is 8.32. The zero-order valence-electron chi connectivity index (χ0n) is 29.8. The molecule has 0 spiro atoms. The molecule has 12 nitrogen and oxygen atoms in total. The minimum atomic E-state index is -1.80. The second-order valence-corrected chi connectivity index (χ2v) is 14.8. The van der Waals surface area contributed by atoms with Gasteiger partial charge in [0.1, 0.15) is 12.2 Å². The number of carbonyl (C=O) groups is 5. The molecule has 2 bridgehead atoms. The quantitative estimate of drug-likeness (QED) is 0.179. The van der Waals surface area contributed by atoms with Crippen LogP contribution in [0.25, 0.3) is 0 Å². The highest BCUT2D eigenvalue weighted by atomic mass is 16.6. The predicted octanol–water partition coefficient (Wildman–Crippen LogP) is 3.52. The Kier molecular flexibility index (Phi) is 10.6. The number of rotatable bonds is 8. The molecule has 4 unspecified atom stereocenters. The number of ether oxygens (including phenoxy) is 3. The number of fused-ring (bicyclic) bond motifs is 3. The van der Waals surface area contributed by atoms with Crippen molar-refractivity contribution < 1.29 is 53.5 Å². The summed E-state index contributed by atoms with van der Waals surface area (Å²) in [6.07, 6.45) is -7.77. The second kappa shape index (κ2) is 14.3. The smallest absolute Gasteiger partial charge is 0.308 e. The summed E-state index contributed by atoms with van der Waals surface area (Å²) in [5.41, 5.74) is -3.11. The van der Waals surface area contributed by atoms with E-state index in [4.69, 9.17) is 14.2 Å². The van der Waals surface area contributed by atoms with Crippen molar-refractivity contribution in [2.45, 2.75) is 109 Å². The highest BCUT2D eigenvalue weighted by Crippen LogP contribution is 2.59. The Bertz CT molecular complexity index is 1710. The standard InChI is InChI=1S/C39H47NO11/c1-21-29(51-31(45)17-27(24-13-9-7-10-14-24)40-36(47)25-15-11-8-12-16-25)20-39(48)19-26-33(49-22(2)41)28(43)18-30(44)38(26,6)35(46)34(50-23(3)42)32(21)37(39,4)5/h7-16,26-30,33-34,43-44,48H,17-20H2,1-6H3,(H,40,47)/t26?,27?,28?,29-,30-,33?,34+,38-,39-/m0/s1. The van der Waals surface area contributed by atoms with Crippen LogP contribution in [0.15, 0.2) is 71.8 Å². The zero-order valence-corrected chi connectivity index (χ0v) is 29.8. The van der Waals surface area contributed by atoms with Gasteiger partial charge in [-0.05, 0) is 49.1 Å². The summed E-state index contributed by atoms with van der Waals surface area (Å²) < 4.78 is 17.3. The van der Waals surface area contributed by atoms with Gasteiger partial charge in [0.2, 0.25) is 0 Å². The third-order valence-electron chi connectivity index (χ3n) is 11.3. The largest absolute Gasteiger partial charge is 0.459 e. The van der Waals surface area contributed by atoms with E-state index in [1.165, 1.54) is 6.92 Å². The highest BCUT2D eigenvalue weighted by Gasteiger charge is 2.67. The first kappa shape index (κ1) is 37.9. The lowest BCUT2D eigenvalue weighted by atomic mass is 9.49. The van der Waals surface area contributed by atoms with E-state index < -0.39 is 88.5 Å². The van der Waals surface area contributed by atoms with Crippen LogP contribution < -0.4 is 5.32 Å². The maximum atomic E-state index is 14.7. The van der Waals surface area contributed by atoms with Gasteiger partial charge in [0, 0.05) is 43.6 Å². The van der Waals surface area contributed by atoms with E-state index >= 15 is 0 Å². The number of nitrogens with one attached hydrogen (secondary N) is 1. The minimum absolute atomic E-state index is 0.167. The molecule has 3 aliphatic rings. The molecule has 0 radical (unpaired) electrons. The Morgan fingerprint density at radius 1 is 0.882 bits per heavy atom. The van der Waals surface area contributed by atoms with E-state index in [0.29, 0.717) is 16.7 Å². The van der Waals surface area contributed by atoms with Crippen molar-refractivity contribution in [3.63, 3.8) is 0 Å². The Morgan fingerprint density at radius 2 is 1.47 bits per heavy atom. The van der Waals surface area contributed by atoms with Crippen LogP contribution in [0, 0.1) is 16.7 Å². The zero-order chi connectivity index (χ0) is 37.5. The number of Topliss-reactive ketones (excluding diaryl/α,β-unsaturated/α-hetero) is 1. The lowest BCUT2D eigenvalue weighted by Gasteiger charge is -2.59. The molecule has 0 saturated heterocycles. The third-order valence-corrected chi connectivity index (χ3v) is 11.3. The normalized spacial score (nSPS) is 32.0. The first-order valence-electron chi connectivity index (χ1n) is 17.2. The van der Waals surface area contributed by atoms with E-state index in [0.717, 1.165) is 13.8 Å². The third kappa shape index (κ3) is 7.09. The van der Waals surface area contributed by atoms with Gasteiger partial charge in [0.25, 0.3) is 5.91 Å². The summed E-state index contributed by atoms with van der Waals surface area (Å²) in [6, 6.07) is 16.7. The van der Waals surface area contributed by atoms with Crippen LogP contribution in [0.1, 0.15) is 89.2 Å². The van der Waals surface area contributed by atoms with E-state index in [1.54, 1.807) is 75.4 Å².